The molecule has 0 bridgehead atoms. The molecule has 1 amide bonds. The lowest BCUT2D eigenvalue weighted by Crippen LogP contribution is -2.12. The van der Waals surface area contributed by atoms with Gasteiger partial charge in [0.25, 0.3) is 0 Å². The molecule has 0 aliphatic carbocycles. The molecular formula is C24H20N4O4S. The normalized spacial score (nSPS) is 12.3. The van der Waals surface area contributed by atoms with Crippen LogP contribution in [-0.4, -0.2) is 34.6 Å². The first-order chi connectivity index (χ1) is 16.1. The Labute approximate surface area is 194 Å². The Morgan fingerprint density at radius 2 is 2.06 bits per heavy atom. The molecule has 0 spiro atoms. The number of hydrogen-bond donors (Lipinski definition) is 1. The third-order valence-electron chi connectivity index (χ3n) is 4.95. The van der Waals surface area contributed by atoms with Crippen molar-refractivity contribution in [2.75, 3.05) is 19.2 Å². The van der Waals surface area contributed by atoms with Gasteiger partial charge < -0.3 is 19.5 Å². The maximum absolute atomic E-state index is 12.6. The van der Waals surface area contributed by atoms with Crippen LogP contribution >= 0.6 is 11.3 Å². The number of anilines is 1. The molecule has 0 saturated carbocycles. The summed E-state index contributed by atoms with van der Waals surface area (Å²) in [6.45, 7) is 2.08. The molecular weight excluding hydrogens is 440 g/mol. The lowest BCUT2D eigenvalue weighted by atomic mass is 10.2. The Balaban J connectivity index is 1.34. The smallest absolute Gasteiger partial charge is 0.249 e. The Morgan fingerprint density at radius 3 is 2.94 bits per heavy atom. The van der Waals surface area contributed by atoms with Gasteiger partial charge in [-0.1, -0.05) is 18.2 Å². The van der Waals surface area contributed by atoms with Crippen LogP contribution < -0.4 is 19.5 Å². The zero-order valence-electron chi connectivity index (χ0n) is 17.9. The number of hydrogen-bond acceptors (Lipinski definition) is 7. The molecule has 1 aliphatic heterocycles. The van der Waals surface area contributed by atoms with Crippen LogP contribution in [0.3, 0.4) is 0 Å². The van der Waals surface area contributed by atoms with Gasteiger partial charge in [0.05, 0.1) is 18.5 Å². The minimum atomic E-state index is -0.279. The van der Waals surface area contributed by atoms with E-state index in [1.54, 1.807) is 23.9 Å². The van der Waals surface area contributed by atoms with E-state index in [-0.39, 0.29) is 12.7 Å². The van der Waals surface area contributed by atoms with Crippen molar-refractivity contribution in [1.82, 2.24) is 14.8 Å². The number of aryl methyl sites for hydroxylation is 1. The van der Waals surface area contributed by atoms with Crippen molar-refractivity contribution < 1.29 is 19.0 Å². The molecule has 2 aromatic heterocycles. The predicted molar refractivity (Wildman–Crippen MR) is 126 cm³/mol. The Hall–Kier alpha value is -4.11. The molecule has 1 N–H and O–H groups in total. The number of aromatic nitrogens is 3. The van der Waals surface area contributed by atoms with Gasteiger partial charge in [-0.25, -0.2) is 4.98 Å². The maximum atomic E-state index is 12.6. The van der Waals surface area contributed by atoms with E-state index >= 15 is 0 Å². The van der Waals surface area contributed by atoms with E-state index in [2.05, 4.69) is 10.4 Å². The summed E-state index contributed by atoms with van der Waals surface area (Å²) >= 11 is 1.44. The molecule has 0 radical (unpaired) electrons. The van der Waals surface area contributed by atoms with Crippen LogP contribution in [0, 0.1) is 6.92 Å². The topological polar surface area (TPSA) is 87.5 Å². The highest BCUT2D eigenvalue weighted by Crippen LogP contribution is 2.33. The van der Waals surface area contributed by atoms with Gasteiger partial charge in [0, 0.05) is 23.1 Å². The molecule has 9 heteroatoms. The lowest BCUT2D eigenvalue weighted by molar-refractivity contribution is -0.111. The highest BCUT2D eigenvalue weighted by Gasteiger charge is 2.15. The number of benzene rings is 2. The number of thiazole rings is 1. The molecule has 8 nitrogen and oxygen atoms in total. The Kier molecular flexibility index (Phi) is 5.54. The Morgan fingerprint density at radius 1 is 1.18 bits per heavy atom. The van der Waals surface area contributed by atoms with Gasteiger partial charge >= 0.3 is 0 Å². The summed E-state index contributed by atoms with van der Waals surface area (Å²) in [4.78, 5) is 17.3. The molecule has 33 heavy (non-hydrogen) atoms. The van der Waals surface area contributed by atoms with Crippen LogP contribution in [0.15, 0.2) is 60.0 Å². The van der Waals surface area contributed by atoms with Crippen molar-refractivity contribution in [1.29, 1.82) is 0 Å². The van der Waals surface area contributed by atoms with E-state index in [0.717, 1.165) is 28.3 Å². The molecule has 3 heterocycles. The van der Waals surface area contributed by atoms with Gasteiger partial charge in [0.1, 0.15) is 11.6 Å². The average molecular weight is 461 g/mol. The van der Waals surface area contributed by atoms with Crippen molar-refractivity contribution >= 4 is 29.1 Å². The zero-order chi connectivity index (χ0) is 22.8. The van der Waals surface area contributed by atoms with Crippen LogP contribution in [0.1, 0.15) is 11.3 Å². The van der Waals surface area contributed by atoms with Gasteiger partial charge in [-0.05, 0) is 42.8 Å². The first kappa shape index (κ1) is 20.8. The summed E-state index contributed by atoms with van der Waals surface area (Å²) in [5.74, 6) is 2.39. The van der Waals surface area contributed by atoms with Crippen LogP contribution in [0.5, 0.6) is 17.2 Å². The third-order valence-corrected chi connectivity index (χ3v) is 5.76. The van der Waals surface area contributed by atoms with E-state index in [1.165, 1.54) is 17.4 Å². The molecule has 2 aromatic carbocycles. The van der Waals surface area contributed by atoms with Crippen molar-refractivity contribution in [2.45, 2.75) is 6.92 Å². The molecule has 0 fully saturated rings. The van der Waals surface area contributed by atoms with Gasteiger partial charge in [-0.3, -0.25) is 4.79 Å². The quantitative estimate of drug-likeness (QED) is 0.420. The number of carbonyl (C=O) groups is 1. The number of rotatable bonds is 6. The minimum Gasteiger partial charge on any atom is -0.497 e. The molecule has 4 aromatic rings. The van der Waals surface area contributed by atoms with Crippen LogP contribution in [0.2, 0.25) is 0 Å². The Bertz CT molecular complexity index is 1360. The van der Waals surface area contributed by atoms with Gasteiger partial charge in [0.15, 0.2) is 11.5 Å². The number of nitrogens with one attached hydrogen (secondary N) is 1. The zero-order valence-corrected chi connectivity index (χ0v) is 18.8. The summed E-state index contributed by atoms with van der Waals surface area (Å²) in [6.07, 6.45) is 3.18. The SMILES string of the molecule is COc1cccc(-c2csc(-n3nc(C)cc3NC(=O)C=Cc3ccc4c(c3)OCO4)n2)c1. The number of methoxy groups -OCH3 is 1. The molecule has 0 saturated heterocycles. The summed E-state index contributed by atoms with van der Waals surface area (Å²) in [6, 6.07) is 15.0. The van der Waals surface area contributed by atoms with Crippen molar-refractivity contribution in [3.63, 3.8) is 0 Å². The molecule has 1 aliphatic rings. The second-order valence-electron chi connectivity index (χ2n) is 7.27. The van der Waals surface area contributed by atoms with E-state index in [9.17, 15) is 4.79 Å². The van der Waals surface area contributed by atoms with E-state index in [1.807, 2.05) is 54.8 Å². The van der Waals surface area contributed by atoms with Crippen molar-refractivity contribution in [3.8, 4) is 33.6 Å². The van der Waals surface area contributed by atoms with Crippen LogP contribution in [-0.2, 0) is 4.79 Å². The maximum Gasteiger partial charge on any atom is 0.249 e. The van der Waals surface area contributed by atoms with Crippen LogP contribution in [0.4, 0.5) is 5.82 Å². The summed E-state index contributed by atoms with van der Waals surface area (Å²) in [5.41, 5.74) is 3.35. The summed E-state index contributed by atoms with van der Waals surface area (Å²) < 4.78 is 17.6. The fourth-order valence-corrected chi connectivity index (χ4v) is 4.16. The van der Waals surface area contributed by atoms with E-state index in [0.29, 0.717) is 22.4 Å². The molecule has 166 valence electrons. The minimum absolute atomic E-state index is 0.211. The van der Waals surface area contributed by atoms with Gasteiger partial charge in [0.2, 0.25) is 17.8 Å². The third kappa shape index (κ3) is 4.44. The monoisotopic (exact) mass is 460 g/mol. The number of amides is 1. The first-order valence-corrected chi connectivity index (χ1v) is 11.0. The second-order valence-corrected chi connectivity index (χ2v) is 8.10. The highest BCUT2D eigenvalue weighted by molar-refractivity contribution is 7.12. The fourth-order valence-electron chi connectivity index (χ4n) is 3.37. The van der Waals surface area contributed by atoms with E-state index < -0.39 is 0 Å². The predicted octanol–water partition coefficient (Wildman–Crippen LogP) is 4.69. The highest BCUT2D eigenvalue weighted by atomic mass is 32.1. The lowest BCUT2D eigenvalue weighted by Gasteiger charge is -2.05. The number of ether oxygens (including phenoxy) is 3. The van der Waals surface area contributed by atoms with Gasteiger partial charge in [-0.2, -0.15) is 9.78 Å². The molecule has 0 unspecified atom stereocenters. The van der Waals surface area contributed by atoms with Crippen LogP contribution in [0.25, 0.3) is 22.5 Å². The fraction of sp³-hybridized carbons (Fsp3) is 0.125. The van der Waals surface area contributed by atoms with Crippen molar-refractivity contribution in [2.24, 2.45) is 0 Å². The number of carbonyl (C=O) groups excluding carboxylic acids is 1. The second kappa shape index (κ2) is 8.79. The van der Waals surface area contributed by atoms with Gasteiger partial charge in [-0.15, -0.1) is 11.3 Å². The summed E-state index contributed by atoms with van der Waals surface area (Å²) in [5, 5.41) is 9.99. The van der Waals surface area contributed by atoms with E-state index in [4.69, 9.17) is 19.2 Å². The number of fused-ring (bicyclic) bond motifs is 1. The number of nitrogens with zero attached hydrogens (tertiary/aromatic N) is 3. The largest absolute Gasteiger partial charge is 0.497 e. The standard InChI is InChI=1S/C24H20N4O4S/c1-15-10-22(26-23(29)9-7-16-6-8-20-21(11-16)32-14-31-20)28(27-15)24-25-19(13-33-24)17-4-3-5-18(12-17)30-2/h3-13H,14H2,1-2H3,(H,26,29). The molecule has 5 rings (SSSR count). The first-order valence-electron chi connectivity index (χ1n) is 10.1. The molecule has 0 atom stereocenters. The van der Waals surface area contributed by atoms with Crippen molar-refractivity contribution in [3.05, 3.63) is 71.2 Å². The summed E-state index contributed by atoms with van der Waals surface area (Å²) in [7, 11) is 1.63. The average Bonchev–Trinajstić information content (AvgIpc) is 3.57.